The van der Waals surface area contributed by atoms with Crippen LogP contribution in [0.2, 0.25) is 0 Å². The normalized spacial score (nSPS) is 11.2. The minimum absolute atomic E-state index is 0.0388. The van der Waals surface area contributed by atoms with E-state index in [0.717, 1.165) is 16.9 Å². The molecule has 2 N–H and O–H groups in total. The average molecular weight is 265 g/mol. The predicted molar refractivity (Wildman–Crippen MR) is 75.5 cm³/mol. The molecule has 0 saturated heterocycles. The molecular formula is C15H23NO3. The van der Waals surface area contributed by atoms with Gasteiger partial charge in [-0.1, -0.05) is 32.9 Å². The Hall–Kier alpha value is -1.55. The van der Waals surface area contributed by atoms with Crippen LogP contribution < -0.4 is 10.1 Å². The van der Waals surface area contributed by atoms with Crippen molar-refractivity contribution in [1.29, 1.82) is 0 Å². The minimum Gasteiger partial charge on any atom is -0.496 e. The van der Waals surface area contributed by atoms with Gasteiger partial charge in [-0.3, -0.25) is 4.79 Å². The lowest BCUT2D eigenvalue weighted by Crippen LogP contribution is -2.28. The Kier molecular flexibility index (Phi) is 5.36. The van der Waals surface area contributed by atoms with E-state index >= 15 is 0 Å². The Morgan fingerprint density at radius 3 is 2.58 bits per heavy atom. The molecule has 0 aromatic heterocycles. The van der Waals surface area contributed by atoms with Crippen LogP contribution in [0.15, 0.2) is 18.2 Å². The zero-order valence-electron chi connectivity index (χ0n) is 12.1. The molecule has 0 spiro atoms. The first-order chi connectivity index (χ1) is 8.88. The smallest absolute Gasteiger partial charge is 0.224 e. The molecule has 0 aliphatic carbocycles. The SMILES string of the molecule is COc1ccc(CC(=O)NCCO)cc1C(C)(C)C. The van der Waals surface area contributed by atoms with E-state index in [1.807, 2.05) is 18.2 Å². The van der Waals surface area contributed by atoms with E-state index in [2.05, 4.69) is 26.1 Å². The van der Waals surface area contributed by atoms with Crippen LogP contribution in [-0.2, 0) is 16.6 Å². The second-order valence-corrected chi connectivity index (χ2v) is 5.53. The van der Waals surface area contributed by atoms with Gasteiger partial charge in [-0.15, -0.1) is 0 Å². The molecule has 0 saturated carbocycles. The van der Waals surface area contributed by atoms with Crippen molar-refractivity contribution in [3.05, 3.63) is 29.3 Å². The number of ether oxygens (including phenoxy) is 1. The van der Waals surface area contributed by atoms with E-state index in [1.165, 1.54) is 0 Å². The van der Waals surface area contributed by atoms with Gasteiger partial charge >= 0.3 is 0 Å². The Labute approximate surface area is 114 Å². The van der Waals surface area contributed by atoms with Gasteiger partial charge in [0, 0.05) is 6.54 Å². The first-order valence-corrected chi connectivity index (χ1v) is 6.43. The molecule has 0 radical (unpaired) electrons. The summed E-state index contributed by atoms with van der Waals surface area (Å²) in [6.45, 7) is 6.59. The summed E-state index contributed by atoms with van der Waals surface area (Å²) < 4.78 is 5.36. The Morgan fingerprint density at radius 2 is 2.05 bits per heavy atom. The zero-order valence-corrected chi connectivity index (χ0v) is 12.1. The molecule has 0 aliphatic heterocycles. The van der Waals surface area contributed by atoms with Crippen LogP contribution in [0.25, 0.3) is 0 Å². The number of methoxy groups -OCH3 is 1. The summed E-state index contributed by atoms with van der Waals surface area (Å²) in [7, 11) is 1.65. The molecule has 19 heavy (non-hydrogen) atoms. The Bertz CT molecular complexity index is 436. The molecule has 0 bridgehead atoms. The molecule has 1 aromatic rings. The number of nitrogens with one attached hydrogen (secondary N) is 1. The number of benzene rings is 1. The molecule has 0 fully saturated rings. The van der Waals surface area contributed by atoms with E-state index in [0.29, 0.717) is 13.0 Å². The van der Waals surface area contributed by atoms with E-state index in [-0.39, 0.29) is 17.9 Å². The van der Waals surface area contributed by atoms with Crippen LogP contribution in [0.3, 0.4) is 0 Å². The van der Waals surface area contributed by atoms with Gasteiger partial charge in [0.2, 0.25) is 5.91 Å². The van der Waals surface area contributed by atoms with Gasteiger partial charge < -0.3 is 15.2 Å². The lowest BCUT2D eigenvalue weighted by atomic mass is 9.85. The van der Waals surface area contributed by atoms with Crippen molar-refractivity contribution in [3.8, 4) is 5.75 Å². The summed E-state index contributed by atoms with van der Waals surface area (Å²) in [5.41, 5.74) is 1.99. The van der Waals surface area contributed by atoms with Gasteiger partial charge in [-0.2, -0.15) is 0 Å². The molecule has 1 aromatic carbocycles. The highest BCUT2D eigenvalue weighted by Crippen LogP contribution is 2.32. The number of rotatable bonds is 5. The lowest BCUT2D eigenvalue weighted by Gasteiger charge is -2.22. The largest absolute Gasteiger partial charge is 0.496 e. The number of amides is 1. The van der Waals surface area contributed by atoms with Gasteiger partial charge in [-0.25, -0.2) is 0 Å². The lowest BCUT2D eigenvalue weighted by molar-refractivity contribution is -0.120. The van der Waals surface area contributed by atoms with Crippen molar-refractivity contribution in [3.63, 3.8) is 0 Å². The first-order valence-electron chi connectivity index (χ1n) is 6.43. The monoisotopic (exact) mass is 265 g/mol. The highest BCUT2D eigenvalue weighted by atomic mass is 16.5. The molecule has 0 unspecified atom stereocenters. The maximum atomic E-state index is 11.6. The molecular weight excluding hydrogens is 242 g/mol. The summed E-state index contributed by atoms with van der Waals surface area (Å²) in [4.78, 5) is 11.6. The third kappa shape index (κ3) is 4.56. The summed E-state index contributed by atoms with van der Waals surface area (Å²) in [5.74, 6) is 0.756. The summed E-state index contributed by atoms with van der Waals surface area (Å²) in [6.07, 6.45) is 0.313. The number of aliphatic hydroxyl groups excluding tert-OH is 1. The first kappa shape index (κ1) is 15.5. The number of hydrogen-bond donors (Lipinski definition) is 2. The number of aliphatic hydroxyl groups is 1. The van der Waals surface area contributed by atoms with Crippen LogP contribution in [0.5, 0.6) is 5.75 Å². The highest BCUT2D eigenvalue weighted by molar-refractivity contribution is 5.78. The van der Waals surface area contributed by atoms with Crippen molar-refractivity contribution < 1.29 is 14.6 Å². The van der Waals surface area contributed by atoms with Crippen molar-refractivity contribution in [2.24, 2.45) is 0 Å². The fraction of sp³-hybridized carbons (Fsp3) is 0.533. The zero-order chi connectivity index (χ0) is 14.5. The van der Waals surface area contributed by atoms with Gasteiger partial charge in [0.1, 0.15) is 5.75 Å². The molecule has 0 atom stereocenters. The summed E-state index contributed by atoms with van der Waals surface area (Å²) in [6, 6.07) is 5.80. The maximum Gasteiger partial charge on any atom is 0.224 e. The fourth-order valence-electron chi connectivity index (χ4n) is 1.89. The van der Waals surface area contributed by atoms with E-state index in [9.17, 15) is 4.79 Å². The van der Waals surface area contributed by atoms with Crippen molar-refractivity contribution >= 4 is 5.91 Å². The third-order valence-electron chi connectivity index (χ3n) is 2.87. The van der Waals surface area contributed by atoms with Crippen LogP contribution in [0.1, 0.15) is 31.9 Å². The fourth-order valence-corrected chi connectivity index (χ4v) is 1.89. The molecule has 4 nitrogen and oxygen atoms in total. The molecule has 0 heterocycles. The maximum absolute atomic E-state index is 11.6. The van der Waals surface area contributed by atoms with Gasteiger partial charge in [0.25, 0.3) is 0 Å². The number of hydrogen-bond acceptors (Lipinski definition) is 3. The van der Waals surface area contributed by atoms with Crippen molar-refractivity contribution in [1.82, 2.24) is 5.32 Å². The van der Waals surface area contributed by atoms with Crippen LogP contribution in [0.4, 0.5) is 0 Å². The van der Waals surface area contributed by atoms with Crippen LogP contribution >= 0.6 is 0 Å². The third-order valence-corrected chi connectivity index (χ3v) is 2.87. The van der Waals surface area contributed by atoms with E-state index in [4.69, 9.17) is 9.84 Å². The van der Waals surface area contributed by atoms with Crippen molar-refractivity contribution in [2.75, 3.05) is 20.3 Å². The molecule has 0 aliphatic rings. The van der Waals surface area contributed by atoms with Gasteiger partial charge in [0.15, 0.2) is 0 Å². The Balaban J connectivity index is 2.90. The summed E-state index contributed by atoms with van der Waals surface area (Å²) >= 11 is 0. The molecule has 1 rings (SSSR count). The van der Waals surface area contributed by atoms with E-state index in [1.54, 1.807) is 7.11 Å². The quantitative estimate of drug-likeness (QED) is 0.851. The Morgan fingerprint density at radius 1 is 1.37 bits per heavy atom. The average Bonchev–Trinajstić information content (AvgIpc) is 2.35. The van der Waals surface area contributed by atoms with Crippen molar-refractivity contribution in [2.45, 2.75) is 32.6 Å². The van der Waals surface area contributed by atoms with Crippen LogP contribution in [0, 0.1) is 0 Å². The van der Waals surface area contributed by atoms with Gasteiger partial charge in [0.05, 0.1) is 20.1 Å². The highest BCUT2D eigenvalue weighted by Gasteiger charge is 2.19. The van der Waals surface area contributed by atoms with E-state index < -0.39 is 0 Å². The minimum atomic E-state index is -0.0842. The summed E-state index contributed by atoms with van der Waals surface area (Å²) in [5, 5.41) is 11.3. The molecule has 1 amide bonds. The number of carbonyl (C=O) groups excluding carboxylic acids is 1. The second kappa shape index (κ2) is 6.57. The molecule has 106 valence electrons. The topological polar surface area (TPSA) is 58.6 Å². The van der Waals surface area contributed by atoms with Gasteiger partial charge in [-0.05, 0) is 22.6 Å². The second-order valence-electron chi connectivity index (χ2n) is 5.53. The van der Waals surface area contributed by atoms with Crippen LogP contribution in [-0.4, -0.2) is 31.3 Å². The predicted octanol–water partition coefficient (Wildman–Crippen LogP) is 1.64. The standard InChI is InChI=1S/C15H23NO3/c1-15(2,3)12-9-11(5-6-13(12)19-4)10-14(18)16-7-8-17/h5-6,9,17H,7-8,10H2,1-4H3,(H,16,18). The molecule has 4 heteroatoms. The number of carbonyl (C=O) groups is 1.